The van der Waals surface area contributed by atoms with Crippen molar-refractivity contribution in [1.29, 1.82) is 0 Å². The second-order valence-corrected chi connectivity index (χ2v) is 7.20. The van der Waals surface area contributed by atoms with E-state index in [1.165, 1.54) is 0 Å². The number of allylic oxidation sites excluding steroid dienone is 1. The van der Waals surface area contributed by atoms with E-state index in [0.29, 0.717) is 22.0 Å². The van der Waals surface area contributed by atoms with Crippen LogP contribution in [-0.2, 0) is 4.79 Å². The maximum absolute atomic E-state index is 12.4. The Labute approximate surface area is 179 Å². The van der Waals surface area contributed by atoms with Crippen molar-refractivity contribution in [3.63, 3.8) is 0 Å². The zero-order valence-corrected chi connectivity index (χ0v) is 17.2. The molecule has 0 saturated heterocycles. The van der Waals surface area contributed by atoms with Crippen LogP contribution >= 0.6 is 11.6 Å². The van der Waals surface area contributed by atoms with E-state index in [-0.39, 0.29) is 5.91 Å². The highest BCUT2D eigenvalue weighted by molar-refractivity contribution is 6.30. The number of nitrogens with zero attached hydrogens (tertiary/aromatic N) is 1. The highest BCUT2D eigenvalue weighted by atomic mass is 35.5. The third-order valence-electron chi connectivity index (χ3n) is 4.75. The maximum Gasteiger partial charge on any atom is 0.248 e. The molecule has 0 unspecified atom stereocenters. The third-order valence-corrected chi connectivity index (χ3v) is 5.00. The second-order valence-electron chi connectivity index (χ2n) is 6.76. The molecule has 0 spiro atoms. The molecule has 5 nitrogen and oxygen atoms in total. The number of pyridine rings is 1. The number of hydrogen-bond acceptors (Lipinski definition) is 4. The summed E-state index contributed by atoms with van der Waals surface area (Å²) >= 11 is 6.01. The smallest absolute Gasteiger partial charge is 0.248 e. The molecule has 0 bridgehead atoms. The first-order valence-corrected chi connectivity index (χ1v) is 9.68. The molecule has 0 saturated carbocycles. The maximum atomic E-state index is 12.4. The van der Waals surface area contributed by atoms with Gasteiger partial charge in [-0.15, -0.1) is 0 Å². The van der Waals surface area contributed by atoms with Crippen molar-refractivity contribution < 1.29 is 13.9 Å². The minimum Gasteiger partial charge on any atom is -0.496 e. The number of methoxy groups -OCH3 is 1. The zero-order valence-electron chi connectivity index (χ0n) is 16.5. The minimum absolute atomic E-state index is 0.243. The lowest BCUT2D eigenvalue weighted by molar-refractivity contribution is -0.111. The van der Waals surface area contributed by atoms with Crippen LogP contribution in [0, 0.1) is 0 Å². The molecular formula is C24H19ClN2O3. The van der Waals surface area contributed by atoms with Gasteiger partial charge in [-0.2, -0.15) is 0 Å². The summed E-state index contributed by atoms with van der Waals surface area (Å²) in [5.74, 6) is 0.384. The number of rotatable bonds is 5. The van der Waals surface area contributed by atoms with Crippen molar-refractivity contribution in [2.24, 2.45) is 0 Å². The molecule has 0 aliphatic carbocycles. The van der Waals surface area contributed by atoms with Crippen molar-refractivity contribution in [1.82, 2.24) is 4.98 Å². The van der Waals surface area contributed by atoms with Gasteiger partial charge >= 0.3 is 0 Å². The Kier molecular flexibility index (Phi) is 5.55. The Balaban J connectivity index is 1.72. The van der Waals surface area contributed by atoms with Crippen LogP contribution in [0.15, 0.2) is 77.7 Å². The number of hydrogen-bond donors (Lipinski definition) is 1. The van der Waals surface area contributed by atoms with E-state index < -0.39 is 0 Å². The average molecular weight is 419 g/mol. The van der Waals surface area contributed by atoms with Gasteiger partial charge in [-0.1, -0.05) is 23.7 Å². The van der Waals surface area contributed by atoms with Gasteiger partial charge < -0.3 is 14.5 Å². The molecule has 1 N–H and O–H groups in total. The lowest BCUT2D eigenvalue weighted by Gasteiger charge is -2.10. The molecule has 6 heteroatoms. The quantitative estimate of drug-likeness (QED) is 0.392. The van der Waals surface area contributed by atoms with Crippen molar-refractivity contribution in [3.8, 4) is 16.9 Å². The lowest BCUT2D eigenvalue weighted by atomic mass is 9.99. The summed E-state index contributed by atoms with van der Waals surface area (Å²) in [6.07, 6.45) is 6.50. The van der Waals surface area contributed by atoms with Crippen molar-refractivity contribution >= 4 is 39.7 Å². The van der Waals surface area contributed by atoms with Crippen molar-refractivity contribution in [3.05, 3.63) is 83.8 Å². The van der Waals surface area contributed by atoms with Crippen LogP contribution in [-0.4, -0.2) is 18.0 Å². The summed E-state index contributed by atoms with van der Waals surface area (Å²) < 4.78 is 11.3. The first-order valence-electron chi connectivity index (χ1n) is 9.30. The van der Waals surface area contributed by atoms with Crippen LogP contribution < -0.4 is 10.1 Å². The van der Waals surface area contributed by atoms with E-state index in [9.17, 15) is 4.79 Å². The number of carbonyl (C=O) groups excluding carboxylic acids is 1. The second kappa shape index (κ2) is 8.43. The largest absolute Gasteiger partial charge is 0.496 e. The van der Waals surface area contributed by atoms with Crippen molar-refractivity contribution in [2.45, 2.75) is 6.92 Å². The number of carbonyl (C=O) groups is 1. The summed E-state index contributed by atoms with van der Waals surface area (Å²) in [4.78, 5) is 16.4. The Bertz CT molecular complexity index is 1230. The summed E-state index contributed by atoms with van der Waals surface area (Å²) in [5, 5.41) is 4.40. The van der Waals surface area contributed by atoms with Gasteiger partial charge in [0.1, 0.15) is 11.3 Å². The Morgan fingerprint density at radius 1 is 1.20 bits per heavy atom. The van der Waals surface area contributed by atoms with Crippen LogP contribution in [0.3, 0.4) is 0 Å². The summed E-state index contributed by atoms with van der Waals surface area (Å²) in [7, 11) is 1.59. The Morgan fingerprint density at radius 2 is 2.00 bits per heavy atom. The molecule has 30 heavy (non-hydrogen) atoms. The number of halogens is 1. The Hall–Kier alpha value is -3.57. The van der Waals surface area contributed by atoms with Gasteiger partial charge in [0, 0.05) is 39.9 Å². The monoisotopic (exact) mass is 418 g/mol. The highest BCUT2D eigenvalue weighted by Gasteiger charge is 2.15. The first-order chi connectivity index (χ1) is 14.5. The average Bonchev–Trinajstić information content (AvgIpc) is 3.16. The fourth-order valence-electron chi connectivity index (χ4n) is 3.27. The first kappa shape index (κ1) is 19.7. The molecule has 4 aromatic rings. The van der Waals surface area contributed by atoms with Crippen LogP contribution in [0.1, 0.15) is 12.5 Å². The predicted molar refractivity (Wildman–Crippen MR) is 120 cm³/mol. The third kappa shape index (κ3) is 4.07. The van der Waals surface area contributed by atoms with Crippen LogP contribution in [0.2, 0.25) is 5.02 Å². The van der Waals surface area contributed by atoms with Gasteiger partial charge in [0.2, 0.25) is 5.91 Å². The van der Waals surface area contributed by atoms with Gasteiger partial charge in [-0.25, -0.2) is 0 Å². The summed E-state index contributed by atoms with van der Waals surface area (Å²) in [5.41, 5.74) is 4.84. The Morgan fingerprint density at radius 3 is 2.70 bits per heavy atom. The van der Waals surface area contributed by atoms with Gasteiger partial charge in [-0.3, -0.25) is 9.78 Å². The molecule has 1 amide bonds. The topological polar surface area (TPSA) is 64.4 Å². The number of ether oxygens (including phenoxy) is 1. The highest BCUT2D eigenvalue weighted by Crippen LogP contribution is 2.37. The molecule has 2 heterocycles. The normalized spacial score (nSPS) is 11.5. The zero-order chi connectivity index (χ0) is 21.1. The molecule has 2 aromatic carbocycles. The van der Waals surface area contributed by atoms with E-state index in [4.69, 9.17) is 20.8 Å². The SMILES string of the molecule is COc1cc2occ(-c3ccc(Cl)cc3)c2cc1/C(C)=C/C(=O)Nc1cccnc1. The minimum atomic E-state index is -0.243. The van der Waals surface area contributed by atoms with Crippen LogP contribution in [0.5, 0.6) is 5.75 Å². The van der Waals surface area contributed by atoms with E-state index in [1.54, 1.807) is 44.0 Å². The molecule has 150 valence electrons. The van der Waals surface area contributed by atoms with E-state index in [0.717, 1.165) is 27.6 Å². The fourth-order valence-corrected chi connectivity index (χ4v) is 3.40. The summed E-state index contributed by atoms with van der Waals surface area (Å²) in [6, 6.07) is 14.9. The fraction of sp³-hybridized carbons (Fsp3) is 0.0833. The molecule has 0 atom stereocenters. The van der Waals surface area contributed by atoms with Gasteiger partial charge in [-0.05, 0) is 48.4 Å². The van der Waals surface area contributed by atoms with Crippen LogP contribution in [0.4, 0.5) is 5.69 Å². The number of nitrogens with one attached hydrogen (secondary N) is 1. The number of fused-ring (bicyclic) bond motifs is 1. The number of aromatic nitrogens is 1. The van der Waals surface area contributed by atoms with Gasteiger partial charge in [0.25, 0.3) is 0 Å². The molecule has 2 aromatic heterocycles. The number of anilines is 1. The number of benzene rings is 2. The number of amides is 1. The van der Waals surface area contributed by atoms with Crippen molar-refractivity contribution in [2.75, 3.05) is 12.4 Å². The summed E-state index contributed by atoms with van der Waals surface area (Å²) in [6.45, 7) is 1.87. The predicted octanol–water partition coefficient (Wildman–Crippen LogP) is 6.20. The molecule has 4 rings (SSSR count). The molecule has 0 fully saturated rings. The number of furan rings is 1. The molecule has 0 aliphatic heterocycles. The van der Waals surface area contributed by atoms with Gasteiger partial charge in [0.05, 0.1) is 25.3 Å². The van der Waals surface area contributed by atoms with E-state index >= 15 is 0 Å². The van der Waals surface area contributed by atoms with Gasteiger partial charge in [0.15, 0.2) is 0 Å². The molecular weight excluding hydrogens is 400 g/mol. The molecule has 0 aliphatic rings. The standard InChI is InChI=1S/C24H19ClN2O3/c1-15(10-24(28)27-18-4-3-9-26-13-18)19-11-20-21(16-5-7-17(25)8-6-16)14-30-23(20)12-22(19)29-2/h3-14H,1-2H3,(H,27,28)/b15-10+. The van der Waals surface area contributed by atoms with E-state index in [1.807, 2.05) is 43.3 Å². The molecule has 0 radical (unpaired) electrons. The van der Waals surface area contributed by atoms with Crippen LogP contribution in [0.25, 0.3) is 27.7 Å². The lowest BCUT2D eigenvalue weighted by Crippen LogP contribution is -2.08. The van der Waals surface area contributed by atoms with E-state index in [2.05, 4.69) is 10.3 Å².